The van der Waals surface area contributed by atoms with Gasteiger partial charge in [-0.3, -0.25) is 4.79 Å². The van der Waals surface area contributed by atoms with E-state index in [1.807, 2.05) is 24.3 Å². The Morgan fingerprint density at radius 3 is 2.23 bits per heavy atom. The number of guanidine groups is 1. The monoisotopic (exact) mass is 474 g/mol. The van der Waals surface area contributed by atoms with E-state index in [0.29, 0.717) is 24.1 Å². The Morgan fingerprint density at radius 2 is 1.73 bits per heavy atom. The Hall–Kier alpha value is -1.31. The fourth-order valence-corrected chi connectivity index (χ4v) is 2.39. The van der Waals surface area contributed by atoms with Gasteiger partial charge in [0, 0.05) is 32.2 Å². The summed E-state index contributed by atoms with van der Waals surface area (Å²) in [5.74, 6) is 1.57. The van der Waals surface area contributed by atoms with E-state index in [1.54, 1.807) is 19.0 Å². The third-order valence-electron chi connectivity index (χ3n) is 3.93. The molecule has 1 aromatic rings. The van der Waals surface area contributed by atoms with Crippen LogP contribution in [0.25, 0.3) is 0 Å². The summed E-state index contributed by atoms with van der Waals surface area (Å²) < 4.78 is 0. The van der Waals surface area contributed by atoms with Crippen LogP contribution in [-0.4, -0.2) is 43.4 Å². The molecule has 0 heterocycles. The van der Waals surface area contributed by atoms with Crippen molar-refractivity contribution in [3.63, 3.8) is 0 Å². The van der Waals surface area contributed by atoms with Gasteiger partial charge in [0.05, 0.1) is 6.54 Å². The van der Waals surface area contributed by atoms with Crippen LogP contribution in [0.2, 0.25) is 0 Å². The van der Waals surface area contributed by atoms with Crippen LogP contribution in [0, 0.1) is 5.92 Å². The number of nitrogens with one attached hydrogen (secondary N) is 2. The molecular formula is C20H35IN4O. The zero-order chi connectivity index (χ0) is 18.8. The third-order valence-corrected chi connectivity index (χ3v) is 3.93. The second-order valence-electron chi connectivity index (χ2n) is 7.11. The van der Waals surface area contributed by atoms with E-state index < -0.39 is 0 Å². The average Bonchev–Trinajstić information content (AvgIpc) is 2.57. The van der Waals surface area contributed by atoms with Crippen LogP contribution in [0.1, 0.15) is 56.5 Å². The highest BCUT2D eigenvalue weighted by atomic mass is 127. The van der Waals surface area contributed by atoms with Crippen molar-refractivity contribution in [2.45, 2.75) is 53.1 Å². The summed E-state index contributed by atoms with van der Waals surface area (Å²) in [6.07, 6.45) is 2.33. The lowest BCUT2D eigenvalue weighted by molar-refractivity contribution is 0.0827. The highest BCUT2D eigenvalue weighted by molar-refractivity contribution is 14.0. The molecule has 0 aliphatic rings. The molecule has 0 aliphatic carbocycles. The van der Waals surface area contributed by atoms with Gasteiger partial charge in [-0.05, 0) is 50.3 Å². The van der Waals surface area contributed by atoms with Crippen molar-refractivity contribution < 1.29 is 4.79 Å². The maximum Gasteiger partial charge on any atom is 0.253 e. The summed E-state index contributed by atoms with van der Waals surface area (Å²) >= 11 is 0. The predicted molar refractivity (Wildman–Crippen MR) is 121 cm³/mol. The lowest BCUT2D eigenvalue weighted by Crippen LogP contribution is -2.42. The maximum absolute atomic E-state index is 11.9. The van der Waals surface area contributed by atoms with Gasteiger partial charge in [0.25, 0.3) is 5.91 Å². The Labute approximate surface area is 176 Å². The second-order valence-corrected chi connectivity index (χ2v) is 7.11. The van der Waals surface area contributed by atoms with Crippen molar-refractivity contribution in [1.29, 1.82) is 0 Å². The molecule has 0 aliphatic heterocycles. The molecule has 1 amide bonds. The number of halogens is 1. The van der Waals surface area contributed by atoms with Crippen LogP contribution in [0.5, 0.6) is 0 Å². The molecule has 1 rings (SSSR count). The standard InChI is InChI=1S/C20H34N4O.HI/c1-7-21-20(23-16(4)9-8-15(2)3)22-14-17-10-12-18(13-11-17)19(25)24(5)6;/h10-13,15-16H,7-9,14H2,1-6H3,(H2,21,22,23);1H. The zero-order valence-corrected chi connectivity index (χ0v) is 19.3. The first-order valence-electron chi connectivity index (χ1n) is 9.18. The van der Waals surface area contributed by atoms with Gasteiger partial charge in [0.1, 0.15) is 0 Å². The van der Waals surface area contributed by atoms with Crippen LogP contribution in [-0.2, 0) is 6.54 Å². The Balaban J connectivity index is 0.00000625. The molecule has 0 bridgehead atoms. The molecule has 1 atom stereocenters. The van der Waals surface area contributed by atoms with Crippen molar-refractivity contribution in [2.24, 2.45) is 10.9 Å². The van der Waals surface area contributed by atoms with Crippen LogP contribution in [0.15, 0.2) is 29.3 Å². The quantitative estimate of drug-likeness (QED) is 0.342. The maximum atomic E-state index is 11.9. The molecule has 0 radical (unpaired) electrons. The predicted octanol–water partition coefficient (Wildman–Crippen LogP) is 3.89. The van der Waals surface area contributed by atoms with Crippen LogP contribution < -0.4 is 10.6 Å². The van der Waals surface area contributed by atoms with E-state index in [0.717, 1.165) is 24.5 Å². The summed E-state index contributed by atoms with van der Waals surface area (Å²) in [4.78, 5) is 18.2. The summed E-state index contributed by atoms with van der Waals surface area (Å²) in [7, 11) is 3.52. The topological polar surface area (TPSA) is 56.7 Å². The van der Waals surface area contributed by atoms with Gasteiger partial charge in [-0.1, -0.05) is 26.0 Å². The minimum Gasteiger partial charge on any atom is -0.357 e. The molecule has 148 valence electrons. The van der Waals surface area contributed by atoms with E-state index in [1.165, 1.54) is 6.42 Å². The van der Waals surface area contributed by atoms with Crippen LogP contribution >= 0.6 is 24.0 Å². The number of hydrogen-bond acceptors (Lipinski definition) is 2. The van der Waals surface area contributed by atoms with Crippen molar-refractivity contribution in [1.82, 2.24) is 15.5 Å². The van der Waals surface area contributed by atoms with Gasteiger partial charge in [0.2, 0.25) is 0 Å². The third kappa shape index (κ3) is 9.40. The molecule has 1 unspecified atom stereocenters. The molecule has 0 aromatic heterocycles. The summed E-state index contributed by atoms with van der Waals surface area (Å²) in [6, 6.07) is 8.04. The van der Waals surface area contributed by atoms with Crippen molar-refractivity contribution in [2.75, 3.05) is 20.6 Å². The largest absolute Gasteiger partial charge is 0.357 e. The van der Waals surface area contributed by atoms with E-state index in [9.17, 15) is 4.79 Å². The van der Waals surface area contributed by atoms with Crippen molar-refractivity contribution in [3.8, 4) is 0 Å². The second kappa shape index (κ2) is 12.9. The normalized spacial score (nSPS) is 12.3. The summed E-state index contributed by atoms with van der Waals surface area (Å²) in [5.41, 5.74) is 1.78. The van der Waals surface area contributed by atoms with Gasteiger partial charge in [-0.2, -0.15) is 0 Å². The number of carbonyl (C=O) groups excluding carboxylic acids is 1. The molecule has 0 spiro atoms. The van der Waals surface area contributed by atoms with E-state index >= 15 is 0 Å². The van der Waals surface area contributed by atoms with Gasteiger partial charge in [0.15, 0.2) is 5.96 Å². The number of rotatable bonds is 8. The highest BCUT2D eigenvalue weighted by Crippen LogP contribution is 2.08. The van der Waals surface area contributed by atoms with E-state index in [2.05, 4.69) is 43.3 Å². The summed E-state index contributed by atoms with van der Waals surface area (Å²) in [6.45, 7) is 10.2. The Morgan fingerprint density at radius 1 is 1.12 bits per heavy atom. The highest BCUT2D eigenvalue weighted by Gasteiger charge is 2.08. The van der Waals surface area contributed by atoms with Crippen LogP contribution in [0.4, 0.5) is 0 Å². The molecule has 0 saturated carbocycles. The smallest absolute Gasteiger partial charge is 0.253 e. The van der Waals surface area contributed by atoms with E-state index in [-0.39, 0.29) is 29.9 Å². The molecule has 0 fully saturated rings. The number of benzene rings is 1. The molecular weight excluding hydrogens is 439 g/mol. The first kappa shape index (κ1) is 24.7. The van der Waals surface area contributed by atoms with Gasteiger partial charge in [-0.15, -0.1) is 24.0 Å². The number of hydrogen-bond donors (Lipinski definition) is 2. The van der Waals surface area contributed by atoms with Gasteiger partial charge < -0.3 is 15.5 Å². The van der Waals surface area contributed by atoms with Crippen molar-refractivity contribution in [3.05, 3.63) is 35.4 Å². The van der Waals surface area contributed by atoms with E-state index in [4.69, 9.17) is 0 Å². The fraction of sp³-hybridized carbons (Fsp3) is 0.600. The number of aliphatic imine (C=N–C) groups is 1. The molecule has 5 nitrogen and oxygen atoms in total. The Bertz CT molecular complexity index is 555. The molecule has 1 aromatic carbocycles. The minimum absolute atomic E-state index is 0. The molecule has 2 N–H and O–H groups in total. The number of nitrogens with zero attached hydrogens (tertiary/aromatic N) is 2. The van der Waals surface area contributed by atoms with Gasteiger partial charge in [-0.25, -0.2) is 4.99 Å². The number of amides is 1. The first-order chi connectivity index (χ1) is 11.8. The van der Waals surface area contributed by atoms with Crippen molar-refractivity contribution >= 4 is 35.8 Å². The molecule has 0 saturated heterocycles. The lowest BCUT2D eigenvalue weighted by atomic mass is 10.0. The lowest BCUT2D eigenvalue weighted by Gasteiger charge is -2.18. The summed E-state index contributed by atoms with van der Waals surface area (Å²) in [5, 5.41) is 6.76. The Kier molecular flexibility index (Phi) is 12.3. The zero-order valence-electron chi connectivity index (χ0n) is 17.0. The number of carbonyl (C=O) groups is 1. The SMILES string of the molecule is CCNC(=NCc1ccc(C(=O)N(C)C)cc1)NC(C)CCC(C)C.I. The first-order valence-corrected chi connectivity index (χ1v) is 9.18. The average molecular weight is 474 g/mol. The minimum atomic E-state index is 0. The molecule has 6 heteroatoms. The molecule has 26 heavy (non-hydrogen) atoms. The fourth-order valence-electron chi connectivity index (χ4n) is 2.39. The van der Waals surface area contributed by atoms with Crippen LogP contribution in [0.3, 0.4) is 0 Å². The van der Waals surface area contributed by atoms with Gasteiger partial charge >= 0.3 is 0 Å².